The van der Waals surface area contributed by atoms with Gasteiger partial charge in [0.1, 0.15) is 0 Å². The van der Waals surface area contributed by atoms with Crippen LogP contribution in [0, 0.1) is 0 Å². The molecule has 1 heterocycles. The van der Waals surface area contributed by atoms with Crippen LogP contribution in [0.5, 0.6) is 0 Å². The molecular weight excluding hydrogens is 268 g/mol. The van der Waals surface area contributed by atoms with Crippen molar-refractivity contribution in [3.8, 4) is 0 Å². The van der Waals surface area contributed by atoms with Crippen molar-refractivity contribution in [2.75, 3.05) is 32.9 Å². The summed E-state index contributed by atoms with van der Waals surface area (Å²) in [5.74, 6) is 0. The van der Waals surface area contributed by atoms with Crippen LogP contribution in [-0.2, 0) is 4.43 Å². The maximum Gasteiger partial charge on any atom is 0.199 e. The first-order valence-electron chi connectivity index (χ1n) is 7.61. The molecule has 1 unspecified atom stereocenters. The van der Waals surface area contributed by atoms with Crippen LogP contribution in [0.3, 0.4) is 0 Å². The average molecular weight is 303 g/mol. The van der Waals surface area contributed by atoms with E-state index >= 15 is 0 Å². The lowest BCUT2D eigenvalue weighted by atomic mass is 10.1. The topological polar surface area (TPSA) is 15.7 Å². The maximum absolute atomic E-state index is 5.76. The van der Waals surface area contributed by atoms with Crippen LogP contribution in [-0.4, -0.2) is 71.0 Å². The fourth-order valence-electron chi connectivity index (χ4n) is 2.84. The van der Waals surface area contributed by atoms with Crippen LogP contribution in [0.25, 0.3) is 0 Å². The third-order valence-electron chi connectivity index (χ3n) is 4.39. The molecule has 1 aliphatic rings. The van der Waals surface area contributed by atoms with E-state index in [0.29, 0.717) is 5.54 Å². The first kappa shape index (κ1) is 17.4. The van der Waals surface area contributed by atoms with E-state index in [1.807, 2.05) is 7.11 Å². The quantitative estimate of drug-likeness (QED) is 0.741. The standard InChI is InChI=1S/C14H34N2OSi2/c1-14(2,3)16-10-9-15(12-19(7,8)17-4)13(11-16)18(5)6/h13,18H,9-12H2,1-8H3. The minimum absolute atomic E-state index is 0.307. The Morgan fingerprint density at radius 3 is 2.21 bits per heavy atom. The molecule has 19 heavy (non-hydrogen) atoms. The number of hydrogen-bond acceptors (Lipinski definition) is 3. The van der Waals surface area contributed by atoms with Gasteiger partial charge in [-0.25, -0.2) is 0 Å². The van der Waals surface area contributed by atoms with Gasteiger partial charge in [-0.15, -0.1) is 0 Å². The summed E-state index contributed by atoms with van der Waals surface area (Å²) in [5, 5.41) is 0. The third-order valence-corrected chi connectivity index (χ3v) is 8.83. The molecule has 0 aromatic heterocycles. The van der Waals surface area contributed by atoms with Crippen LogP contribution in [0.2, 0.25) is 26.2 Å². The molecule has 1 atom stereocenters. The lowest BCUT2D eigenvalue weighted by Crippen LogP contribution is -2.64. The Morgan fingerprint density at radius 2 is 1.79 bits per heavy atom. The Labute approximate surface area is 123 Å². The van der Waals surface area contributed by atoms with Crippen molar-refractivity contribution in [1.82, 2.24) is 9.80 Å². The van der Waals surface area contributed by atoms with Gasteiger partial charge in [-0.2, -0.15) is 0 Å². The monoisotopic (exact) mass is 302 g/mol. The van der Waals surface area contributed by atoms with Gasteiger partial charge in [0, 0.05) is 44.1 Å². The summed E-state index contributed by atoms with van der Waals surface area (Å²) >= 11 is 0. The second kappa shape index (κ2) is 6.39. The highest BCUT2D eigenvalue weighted by Gasteiger charge is 2.37. The fraction of sp³-hybridized carbons (Fsp3) is 1.00. The van der Waals surface area contributed by atoms with Crippen LogP contribution >= 0.6 is 0 Å². The fourth-order valence-corrected chi connectivity index (χ4v) is 6.32. The van der Waals surface area contributed by atoms with Gasteiger partial charge in [0.15, 0.2) is 8.32 Å². The highest BCUT2D eigenvalue weighted by molar-refractivity contribution is 6.71. The molecule has 1 rings (SSSR count). The van der Waals surface area contributed by atoms with Gasteiger partial charge in [0.05, 0.1) is 8.80 Å². The minimum atomic E-state index is -1.49. The smallest absolute Gasteiger partial charge is 0.199 e. The molecule has 0 amide bonds. The van der Waals surface area contributed by atoms with Gasteiger partial charge in [-0.05, 0) is 33.9 Å². The van der Waals surface area contributed by atoms with E-state index in [4.69, 9.17) is 4.43 Å². The zero-order valence-corrected chi connectivity index (χ0v) is 16.4. The molecular formula is C14H34N2OSi2. The molecule has 0 aliphatic carbocycles. The summed E-state index contributed by atoms with van der Waals surface area (Å²) in [4.78, 5) is 5.41. The van der Waals surface area contributed by atoms with Gasteiger partial charge >= 0.3 is 0 Å². The summed E-state index contributed by atoms with van der Waals surface area (Å²) in [6.07, 6.45) is 1.19. The second-order valence-electron chi connectivity index (χ2n) is 7.86. The summed E-state index contributed by atoms with van der Waals surface area (Å²) in [6, 6.07) is 0. The summed E-state index contributed by atoms with van der Waals surface area (Å²) in [6.45, 7) is 20.4. The molecule has 0 saturated carbocycles. The summed E-state index contributed by atoms with van der Waals surface area (Å²) in [7, 11) is -0.272. The molecule has 5 heteroatoms. The van der Waals surface area contributed by atoms with Gasteiger partial charge < -0.3 is 9.33 Å². The molecule has 1 aliphatic heterocycles. The molecule has 0 bridgehead atoms. The second-order valence-corrected chi connectivity index (χ2v) is 15.4. The van der Waals surface area contributed by atoms with E-state index in [2.05, 4.69) is 56.8 Å². The Morgan fingerprint density at radius 1 is 1.21 bits per heavy atom. The van der Waals surface area contributed by atoms with Gasteiger partial charge in [0.25, 0.3) is 0 Å². The maximum atomic E-state index is 5.76. The number of piperazine rings is 1. The van der Waals surface area contributed by atoms with Crippen molar-refractivity contribution in [1.29, 1.82) is 0 Å². The van der Waals surface area contributed by atoms with E-state index < -0.39 is 17.1 Å². The molecule has 0 aromatic carbocycles. The van der Waals surface area contributed by atoms with Crippen molar-refractivity contribution in [2.24, 2.45) is 0 Å². The highest BCUT2D eigenvalue weighted by atomic mass is 28.4. The normalized spacial score (nSPS) is 24.2. The molecule has 0 radical (unpaired) electrons. The van der Waals surface area contributed by atoms with Crippen LogP contribution in [0.4, 0.5) is 0 Å². The van der Waals surface area contributed by atoms with Crippen molar-refractivity contribution >= 4 is 17.1 Å². The number of nitrogens with zero attached hydrogens (tertiary/aromatic N) is 2. The zero-order chi connectivity index (χ0) is 14.8. The first-order valence-corrected chi connectivity index (χ1v) is 13.7. The molecule has 1 fully saturated rings. The van der Waals surface area contributed by atoms with Crippen molar-refractivity contribution in [3.63, 3.8) is 0 Å². The molecule has 0 N–H and O–H groups in total. The van der Waals surface area contributed by atoms with E-state index in [-0.39, 0.29) is 0 Å². The highest BCUT2D eigenvalue weighted by Crippen LogP contribution is 2.22. The number of rotatable bonds is 4. The van der Waals surface area contributed by atoms with E-state index in [1.165, 1.54) is 25.8 Å². The van der Waals surface area contributed by atoms with Crippen molar-refractivity contribution in [3.05, 3.63) is 0 Å². The minimum Gasteiger partial charge on any atom is -0.419 e. The van der Waals surface area contributed by atoms with Crippen molar-refractivity contribution in [2.45, 2.75) is 58.2 Å². The summed E-state index contributed by atoms with van der Waals surface area (Å²) in [5.41, 5.74) is 1.11. The molecule has 114 valence electrons. The van der Waals surface area contributed by atoms with Crippen LogP contribution in [0.15, 0.2) is 0 Å². The van der Waals surface area contributed by atoms with E-state index in [0.717, 1.165) is 5.67 Å². The predicted molar refractivity (Wildman–Crippen MR) is 90.1 cm³/mol. The Balaban J connectivity index is 2.75. The molecule has 0 aromatic rings. The SMILES string of the molecule is CO[Si](C)(C)CN1CCN(C(C)(C)C)CC1[SiH](C)C. The summed E-state index contributed by atoms with van der Waals surface area (Å²) < 4.78 is 5.76. The molecule has 0 spiro atoms. The van der Waals surface area contributed by atoms with Crippen molar-refractivity contribution < 1.29 is 4.43 Å². The zero-order valence-electron chi connectivity index (χ0n) is 14.3. The predicted octanol–water partition coefficient (Wildman–Crippen LogP) is 2.19. The average Bonchev–Trinajstić information content (AvgIpc) is 2.27. The molecule has 1 saturated heterocycles. The van der Waals surface area contributed by atoms with Crippen LogP contribution in [0.1, 0.15) is 20.8 Å². The van der Waals surface area contributed by atoms with E-state index in [9.17, 15) is 0 Å². The Hall–Kier alpha value is 0.314. The largest absolute Gasteiger partial charge is 0.419 e. The van der Waals surface area contributed by atoms with Crippen LogP contribution < -0.4 is 0 Å². The lowest BCUT2D eigenvalue weighted by molar-refractivity contribution is 0.0523. The Kier molecular flexibility index (Phi) is 5.84. The first-order chi connectivity index (χ1) is 8.57. The van der Waals surface area contributed by atoms with E-state index in [1.54, 1.807) is 0 Å². The third kappa shape index (κ3) is 4.97. The van der Waals surface area contributed by atoms with Gasteiger partial charge in [0.2, 0.25) is 0 Å². The van der Waals surface area contributed by atoms with Gasteiger partial charge in [-0.1, -0.05) is 13.1 Å². The number of hydrogen-bond donors (Lipinski definition) is 0. The lowest BCUT2D eigenvalue weighted by Gasteiger charge is -2.49. The Bertz CT molecular complexity index is 290. The molecule has 3 nitrogen and oxygen atoms in total. The van der Waals surface area contributed by atoms with Gasteiger partial charge in [-0.3, -0.25) is 4.90 Å².